The van der Waals surface area contributed by atoms with Crippen LogP contribution in [0.25, 0.3) is 0 Å². The second-order valence-electron chi connectivity index (χ2n) is 6.86. The summed E-state index contributed by atoms with van der Waals surface area (Å²) in [5.41, 5.74) is -1.86. The average Bonchev–Trinajstić information content (AvgIpc) is 3.25. The van der Waals surface area contributed by atoms with Gasteiger partial charge in [-0.3, -0.25) is 14.3 Å². The number of H-pyrrole nitrogens is 1. The van der Waals surface area contributed by atoms with E-state index in [1.165, 1.54) is 0 Å². The van der Waals surface area contributed by atoms with E-state index in [0.717, 1.165) is 36.4 Å². The lowest BCUT2D eigenvalue weighted by molar-refractivity contribution is -0.0831. The number of nitrogens with one attached hydrogen (secondary N) is 1. The maximum Gasteiger partial charge on any atom is 0.573 e. The van der Waals surface area contributed by atoms with Crippen LogP contribution in [0, 0.1) is 11.7 Å². The first kappa shape index (κ1) is 18.2. The Labute approximate surface area is 148 Å². The van der Waals surface area contributed by atoms with E-state index in [1.54, 1.807) is 0 Å². The van der Waals surface area contributed by atoms with Crippen LogP contribution in [0.5, 0.6) is 0 Å². The highest BCUT2D eigenvalue weighted by Crippen LogP contribution is 2.63. The monoisotopic (exact) mass is 391 g/mol. The van der Waals surface area contributed by atoms with Crippen molar-refractivity contribution in [2.45, 2.75) is 50.5 Å². The van der Waals surface area contributed by atoms with Gasteiger partial charge < -0.3 is 4.74 Å². The molecule has 2 N–H and O–H groups in total. The Morgan fingerprint density at radius 3 is 2.88 bits per heavy atom. The lowest BCUT2D eigenvalue weighted by Gasteiger charge is -2.26. The van der Waals surface area contributed by atoms with Crippen LogP contribution in [-0.2, 0) is 18.3 Å². The summed E-state index contributed by atoms with van der Waals surface area (Å²) in [6.45, 7) is 0.438. The topological polar surface area (TPSA) is 112 Å². The lowest BCUT2D eigenvalue weighted by Crippen LogP contribution is -2.35. The van der Waals surface area contributed by atoms with Crippen molar-refractivity contribution in [2.24, 2.45) is 5.92 Å². The fraction of sp³-hybridized carbons (Fsp3) is 0.733. The summed E-state index contributed by atoms with van der Waals surface area (Å²) in [4.78, 5) is 35.4. The van der Waals surface area contributed by atoms with Crippen molar-refractivity contribution in [1.82, 2.24) is 9.55 Å². The lowest BCUT2D eigenvalue weighted by atomic mass is 10.1. The second-order valence-corrected chi connectivity index (χ2v) is 8.53. The molecule has 1 saturated carbocycles. The third-order valence-electron chi connectivity index (χ3n) is 5.03. The van der Waals surface area contributed by atoms with E-state index < -0.39 is 43.7 Å². The third kappa shape index (κ3) is 3.62. The highest BCUT2D eigenvalue weighted by molar-refractivity contribution is 7.55. The zero-order chi connectivity index (χ0) is 18.3. The van der Waals surface area contributed by atoms with Crippen LogP contribution >= 0.6 is 8.17 Å². The number of hydrogen-bond acceptors (Lipinski definition) is 7. The van der Waals surface area contributed by atoms with Crippen molar-refractivity contribution in [3.63, 3.8) is 0 Å². The molecule has 0 bridgehead atoms. The van der Waals surface area contributed by atoms with Gasteiger partial charge in [-0.15, -0.1) is 4.52 Å². The Bertz CT molecular complexity index is 780. The molecule has 2 aliphatic heterocycles. The van der Waals surface area contributed by atoms with Gasteiger partial charge in [-0.1, -0.05) is 12.8 Å². The minimum Gasteiger partial charge on any atom is -0.349 e. The molecule has 4 rings (SSSR count). The first-order valence-electron chi connectivity index (χ1n) is 8.69. The summed E-state index contributed by atoms with van der Waals surface area (Å²) < 4.78 is 36.7. The van der Waals surface area contributed by atoms with Crippen LogP contribution < -0.4 is 11.2 Å². The minimum absolute atomic E-state index is 0.0523. The van der Waals surface area contributed by atoms with Crippen molar-refractivity contribution in [2.75, 3.05) is 13.2 Å². The van der Waals surface area contributed by atoms with Gasteiger partial charge >= 0.3 is 13.9 Å². The summed E-state index contributed by atoms with van der Waals surface area (Å²) in [6.07, 6.45) is 3.59. The van der Waals surface area contributed by atoms with Gasteiger partial charge in [0.05, 0.1) is 6.20 Å². The van der Waals surface area contributed by atoms with Crippen molar-refractivity contribution >= 4 is 8.17 Å². The summed E-state index contributed by atoms with van der Waals surface area (Å²) >= 11 is 0. The summed E-state index contributed by atoms with van der Waals surface area (Å²) in [7, 11) is -3.43. The Kier molecular flexibility index (Phi) is 4.98. The molecule has 3 aliphatic rings. The van der Waals surface area contributed by atoms with Crippen LogP contribution in [-0.4, -0.2) is 39.9 Å². The molecule has 3 fully saturated rings. The Morgan fingerprint density at radius 2 is 2.12 bits per heavy atom. The van der Waals surface area contributed by atoms with Crippen molar-refractivity contribution in [3.8, 4) is 0 Å². The van der Waals surface area contributed by atoms with Gasteiger partial charge in [0.15, 0.2) is 0 Å². The molecule has 0 amide bonds. The maximum atomic E-state index is 13.5. The van der Waals surface area contributed by atoms with Gasteiger partial charge in [0, 0.05) is 6.42 Å². The number of aromatic amines is 1. The molecule has 0 aromatic carbocycles. The van der Waals surface area contributed by atoms with Crippen LogP contribution in [0.4, 0.5) is 4.39 Å². The molecule has 9 nitrogen and oxygen atoms in total. The summed E-state index contributed by atoms with van der Waals surface area (Å²) in [5.74, 6) is -0.677. The summed E-state index contributed by atoms with van der Waals surface area (Å²) in [6, 6.07) is 0. The fourth-order valence-electron chi connectivity index (χ4n) is 3.62. The number of aromatic nitrogens is 2. The molecule has 1 aromatic rings. The summed E-state index contributed by atoms with van der Waals surface area (Å²) in [5, 5.41) is 0. The molecule has 2 saturated heterocycles. The van der Waals surface area contributed by atoms with Crippen LogP contribution in [0.1, 0.15) is 38.3 Å². The van der Waals surface area contributed by atoms with E-state index in [4.69, 9.17) is 18.3 Å². The number of ether oxygens (including phenoxy) is 1. The van der Waals surface area contributed by atoms with E-state index >= 15 is 0 Å². The van der Waals surface area contributed by atoms with Crippen LogP contribution in [0.3, 0.4) is 0 Å². The number of hydrogen-bond donors (Lipinski definition) is 2. The second kappa shape index (κ2) is 7.10. The van der Waals surface area contributed by atoms with Crippen molar-refractivity contribution in [1.29, 1.82) is 0 Å². The normalized spacial score (nSPS) is 34.9. The van der Waals surface area contributed by atoms with E-state index in [9.17, 15) is 18.9 Å². The molecule has 144 valence electrons. The van der Waals surface area contributed by atoms with Crippen molar-refractivity contribution in [3.05, 3.63) is 32.9 Å². The smallest absolute Gasteiger partial charge is 0.349 e. The zero-order valence-electron chi connectivity index (χ0n) is 14.0. The first-order chi connectivity index (χ1) is 12.4. The molecular weight excluding hydrogens is 370 g/mol. The van der Waals surface area contributed by atoms with Gasteiger partial charge in [-0.05, 0) is 18.8 Å². The van der Waals surface area contributed by atoms with Crippen LogP contribution in [0.2, 0.25) is 0 Å². The molecule has 4 atom stereocenters. The molecule has 1 aromatic heterocycles. The van der Waals surface area contributed by atoms with E-state index in [0.29, 0.717) is 12.5 Å². The van der Waals surface area contributed by atoms with Gasteiger partial charge in [0.2, 0.25) is 5.82 Å². The first-order valence-corrected chi connectivity index (χ1v) is 10.2. The number of fused-ring (bicyclic) bond motifs is 1. The minimum atomic E-state index is -3.43. The van der Waals surface area contributed by atoms with E-state index in [2.05, 4.69) is 0 Å². The highest BCUT2D eigenvalue weighted by atomic mass is 31.2. The van der Waals surface area contributed by atoms with Gasteiger partial charge in [-0.2, -0.15) is 18.3 Å². The predicted molar refractivity (Wildman–Crippen MR) is 87.7 cm³/mol. The quantitative estimate of drug-likeness (QED) is 0.743. The van der Waals surface area contributed by atoms with E-state index in [1.807, 2.05) is 4.98 Å². The highest BCUT2D eigenvalue weighted by Gasteiger charge is 2.58. The average molecular weight is 391 g/mol. The predicted octanol–water partition coefficient (Wildman–Crippen LogP) is 1.26. The third-order valence-corrected chi connectivity index (χ3v) is 6.52. The number of halogens is 1. The Balaban J connectivity index is 1.42. The van der Waals surface area contributed by atoms with Crippen LogP contribution in [0.15, 0.2) is 15.8 Å². The molecule has 0 spiro atoms. The van der Waals surface area contributed by atoms with Gasteiger partial charge in [0.25, 0.3) is 5.56 Å². The molecule has 0 radical (unpaired) electrons. The Morgan fingerprint density at radius 1 is 1.35 bits per heavy atom. The zero-order valence-corrected chi connectivity index (χ0v) is 14.9. The molecule has 1 unspecified atom stereocenters. The Hall–Kier alpha value is -1.16. The molecule has 3 heterocycles. The largest absolute Gasteiger partial charge is 0.573 e. The SMILES string of the molecule is O=c1[nH]c(=O)n([C@H]2C[C@@H]3O[P+](O)(OCC4CCCC4)OC[C@H]3O2)cc1F. The molecular formula is C15H21FN2O7P+. The van der Waals surface area contributed by atoms with Crippen molar-refractivity contribution < 1.29 is 27.6 Å². The fourth-order valence-corrected chi connectivity index (χ4v) is 5.12. The molecule has 26 heavy (non-hydrogen) atoms. The number of rotatable bonds is 4. The molecule has 1 aliphatic carbocycles. The molecule has 11 heteroatoms. The van der Waals surface area contributed by atoms with Gasteiger partial charge in [0.1, 0.15) is 31.6 Å². The standard InChI is InChI=1S/C15H20FN2O7P/c16-10-6-18(15(20)17-14(10)19)13-5-11-12(24-13)8-23-26(21,25-11)22-7-9-3-1-2-4-9/h6,9,11-13,21H,1-5,7-8H2/p+1/t11-,12+,13+,26?/m0/s1. The van der Waals surface area contributed by atoms with E-state index in [-0.39, 0.29) is 13.0 Å². The number of nitrogens with zero attached hydrogens (tertiary/aromatic N) is 1. The maximum absolute atomic E-state index is 13.5. The van der Waals surface area contributed by atoms with Gasteiger partial charge in [-0.25, -0.2) is 4.79 Å².